The minimum atomic E-state index is 0.381. The Balaban J connectivity index is 2.61. The van der Waals surface area contributed by atoms with Gasteiger partial charge in [-0.1, -0.05) is 24.3 Å². The van der Waals surface area contributed by atoms with Crippen molar-refractivity contribution < 1.29 is 0 Å². The van der Waals surface area contributed by atoms with Crippen molar-refractivity contribution in [3.63, 3.8) is 0 Å². The number of hydrogen-bond donors (Lipinski definition) is 2. The van der Waals surface area contributed by atoms with Crippen molar-refractivity contribution in [1.82, 2.24) is 0 Å². The van der Waals surface area contributed by atoms with E-state index in [1.165, 1.54) is 10.4 Å². The van der Waals surface area contributed by atoms with Gasteiger partial charge in [0.25, 0.3) is 0 Å². The molecular weight excluding hydrogens is 174 g/mol. The maximum atomic E-state index is 5.63. The third-order valence-corrected chi connectivity index (χ3v) is 2.42. The van der Waals surface area contributed by atoms with Gasteiger partial charge in [-0.15, -0.1) is 0 Å². The van der Waals surface area contributed by atoms with Crippen LogP contribution in [0.25, 0.3) is 12.2 Å². The molecule has 1 aromatic carbocycles. The van der Waals surface area contributed by atoms with Crippen LogP contribution in [0.2, 0.25) is 0 Å². The molecule has 4 N–H and O–H groups in total. The van der Waals surface area contributed by atoms with Crippen molar-refractivity contribution in [2.24, 2.45) is 16.7 Å². The quantitative estimate of drug-likeness (QED) is 0.272. The fourth-order valence-electron chi connectivity index (χ4n) is 1.65. The van der Waals surface area contributed by atoms with Gasteiger partial charge >= 0.3 is 0 Å². The highest BCUT2D eigenvalue weighted by Gasteiger charge is 1.99. The van der Waals surface area contributed by atoms with Gasteiger partial charge in [0.15, 0.2) is 0 Å². The van der Waals surface area contributed by atoms with Crippen LogP contribution in [-0.4, -0.2) is 5.84 Å². The van der Waals surface area contributed by atoms with Gasteiger partial charge in [-0.3, -0.25) is 0 Å². The van der Waals surface area contributed by atoms with Gasteiger partial charge in [0.1, 0.15) is 5.84 Å². The summed E-state index contributed by atoms with van der Waals surface area (Å²) < 4.78 is 0. The highest BCUT2D eigenvalue weighted by molar-refractivity contribution is 5.97. The van der Waals surface area contributed by atoms with Gasteiger partial charge in [-0.25, -0.2) is 0 Å². The Bertz CT molecular complexity index is 486. The maximum Gasteiger partial charge on any atom is 0.150 e. The third kappa shape index (κ3) is 1.48. The van der Waals surface area contributed by atoms with Gasteiger partial charge in [0.2, 0.25) is 0 Å². The molecule has 1 aliphatic carbocycles. The molecule has 0 spiro atoms. The van der Waals surface area contributed by atoms with Crippen LogP contribution in [0.5, 0.6) is 0 Å². The molecule has 0 atom stereocenters. The predicted octanol–water partition coefficient (Wildman–Crippen LogP) is -0.380. The number of hydrogen-bond acceptors (Lipinski definition) is 2. The van der Waals surface area contributed by atoms with Crippen LogP contribution in [0.1, 0.15) is 18.4 Å². The zero-order chi connectivity index (χ0) is 9.97. The second-order valence-corrected chi connectivity index (χ2v) is 3.34. The van der Waals surface area contributed by atoms with E-state index in [4.69, 9.17) is 11.6 Å². The first-order valence-corrected chi connectivity index (χ1v) is 4.65. The highest BCUT2D eigenvalue weighted by atomic mass is 15.1. The van der Waals surface area contributed by atoms with Crippen LogP contribution in [0.15, 0.2) is 23.3 Å². The molecule has 0 unspecified atom stereocenters. The summed E-state index contributed by atoms with van der Waals surface area (Å²) in [5.41, 5.74) is 6.52. The van der Waals surface area contributed by atoms with E-state index in [2.05, 4.69) is 23.3 Å². The van der Waals surface area contributed by atoms with Gasteiger partial charge in [0.05, 0.1) is 0 Å². The molecule has 0 bridgehead atoms. The van der Waals surface area contributed by atoms with Crippen LogP contribution >= 0.6 is 0 Å². The van der Waals surface area contributed by atoms with Crippen LogP contribution in [0, 0.1) is 0 Å². The van der Waals surface area contributed by atoms with E-state index in [9.17, 15) is 0 Å². The lowest BCUT2D eigenvalue weighted by Gasteiger charge is -2.02. The average molecular weight is 187 g/mol. The Morgan fingerprint density at radius 3 is 2.57 bits per heavy atom. The number of fused-ring (bicyclic) bond motifs is 1. The predicted molar refractivity (Wildman–Crippen MR) is 58.8 cm³/mol. The fourth-order valence-corrected chi connectivity index (χ4v) is 1.65. The van der Waals surface area contributed by atoms with E-state index in [0.717, 1.165) is 18.4 Å². The molecule has 0 heterocycles. The van der Waals surface area contributed by atoms with Crippen molar-refractivity contribution in [3.8, 4) is 0 Å². The summed E-state index contributed by atoms with van der Waals surface area (Å²) in [6.07, 6.45) is 6.65. The lowest BCUT2D eigenvalue weighted by atomic mass is 10.1. The summed E-state index contributed by atoms with van der Waals surface area (Å²) in [6, 6.07) is 6.02. The Labute approximate surface area is 82.4 Å². The number of nitrogens with zero attached hydrogens (tertiary/aromatic N) is 1. The molecule has 3 heteroatoms. The highest BCUT2D eigenvalue weighted by Crippen LogP contribution is 1.97. The maximum absolute atomic E-state index is 5.63. The summed E-state index contributed by atoms with van der Waals surface area (Å²) in [5.74, 6) is 5.51. The fraction of sp³-hybridized carbons (Fsp3) is 0.182. The zero-order valence-electron chi connectivity index (χ0n) is 7.90. The lowest BCUT2D eigenvalue weighted by molar-refractivity contribution is 1.12. The number of rotatable bonds is 1. The molecule has 72 valence electrons. The number of nitrogens with two attached hydrogens (primary N) is 2. The van der Waals surface area contributed by atoms with Crippen LogP contribution in [0.3, 0.4) is 0 Å². The molecule has 0 radical (unpaired) electrons. The van der Waals surface area contributed by atoms with Crippen LogP contribution in [0.4, 0.5) is 0 Å². The first kappa shape index (κ1) is 8.81. The molecule has 0 aromatic heterocycles. The van der Waals surface area contributed by atoms with E-state index < -0.39 is 0 Å². The van der Waals surface area contributed by atoms with Crippen molar-refractivity contribution in [2.45, 2.75) is 12.8 Å². The van der Waals surface area contributed by atoms with Crippen molar-refractivity contribution >= 4 is 18.0 Å². The summed E-state index contributed by atoms with van der Waals surface area (Å²) >= 11 is 0. The Morgan fingerprint density at radius 1 is 1.14 bits per heavy atom. The Hall–Kier alpha value is -1.77. The Morgan fingerprint density at radius 2 is 1.86 bits per heavy atom. The molecular formula is C11H13N3. The first-order valence-electron chi connectivity index (χ1n) is 4.65. The van der Waals surface area contributed by atoms with Crippen molar-refractivity contribution in [1.29, 1.82) is 0 Å². The minimum Gasteiger partial charge on any atom is -0.382 e. The number of hydrazone groups is 1. The van der Waals surface area contributed by atoms with E-state index >= 15 is 0 Å². The van der Waals surface area contributed by atoms with Gasteiger partial charge < -0.3 is 11.6 Å². The average Bonchev–Trinajstić information content (AvgIpc) is 2.27. The van der Waals surface area contributed by atoms with Gasteiger partial charge in [0, 0.05) is 5.56 Å². The summed E-state index contributed by atoms with van der Waals surface area (Å²) in [5, 5.41) is 5.97. The minimum absolute atomic E-state index is 0.381. The zero-order valence-corrected chi connectivity index (χ0v) is 7.90. The monoisotopic (exact) mass is 187 g/mol. The van der Waals surface area contributed by atoms with Crippen molar-refractivity contribution in [3.05, 3.63) is 34.2 Å². The number of amidine groups is 1. The molecule has 14 heavy (non-hydrogen) atoms. The SMILES string of the molecule is N/N=C(\N)c1ccc2c(c1)=CCCC=2. The van der Waals surface area contributed by atoms with E-state index in [0.29, 0.717) is 5.84 Å². The largest absolute Gasteiger partial charge is 0.382 e. The lowest BCUT2D eigenvalue weighted by Crippen LogP contribution is -2.29. The Kier molecular flexibility index (Phi) is 2.23. The van der Waals surface area contributed by atoms with Crippen molar-refractivity contribution in [2.75, 3.05) is 0 Å². The standard InChI is InChI=1S/C11H13N3/c12-11(14-13)10-6-5-8-3-1-2-4-9(8)7-10/h3-7H,1-2,13H2,(H2,12,14). The van der Waals surface area contributed by atoms with E-state index in [-0.39, 0.29) is 0 Å². The molecule has 0 aliphatic heterocycles. The molecule has 0 saturated carbocycles. The van der Waals surface area contributed by atoms with E-state index in [1.807, 2.05) is 12.1 Å². The summed E-state index contributed by atoms with van der Waals surface area (Å²) in [7, 11) is 0. The molecule has 0 saturated heterocycles. The molecule has 0 fully saturated rings. The van der Waals surface area contributed by atoms with Gasteiger partial charge in [-0.2, -0.15) is 5.10 Å². The normalized spacial score (nSPS) is 15.3. The van der Waals surface area contributed by atoms with Gasteiger partial charge in [-0.05, 0) is 29.3 Å². The van der Waals surface area contributed by atoms with Crippen LogP contribution in [-0.2, 0) is 0 Å². The first-order chi connectivity index (χ1) is 6.81. The molecule has 0 amide bonds. The number of benzene rings is 1. The smallest absolute Gasteiger partial charge is 0.150 e. The second-order valence-electron chi connectivity index (χ2n) is 3.34. The third-order valence-electron chi connectivity index (χ3n) is 2.42. The van der Waals surface area contributed by atoms with Crippen LogP contribution < -0.4 is 22.0 Å². The van der Waals surface area contributed by atoms with E-state index in [1.54, 1.807) is 0 Å². The molecule has 1 aliphatic rings. The topological polar surface area (TPSA) is 64.4 Å². The molecule has 3 nitrogen and oxygen atoms in total. The molecule has 1 aromatic rings. The molecule has 2 rings (SSSR count). The summed E-state index contributed by atoms with van der Waals surface area (Å²) in [4.78, 5) is 0. The second kappa shape index (κ2) is 3.54. The summed E-state index contributed by atoms with van der Waals surface area (Å²) in [6.45, 7) is 0.